The molecule has 2 saturated heterocycles. The number of likely N-dealkylation sites (tertiary alicyclic amines) is 2. The number of piperidine rings is 1. The van der Waals surface area contributed by atoms with Crippen LogP contribution in [0.25, 0.3) is 0 Å². The number of carbonyl (C=O) groups is 2. The SMILES string of the molecule is CC(C)CNC(=O)CN1CCCC[C@@H]1C(=O)N1CCCC1. The van der Waals surface area contributed by atoms with Gasteiger partial charge in [0, 0.05) is 19.6 Å². The van der Waals surface area contributed by atoms with Crippen LogP contribution in [0.2, 0.25) is 0 Å². The van der Waals surface area contributed by atoms with Crippen molar-refractivity contribution in [2.45, 2.75) is 52.0 Å². The van der Waals surface area contributed by atoms with Gasteiger partial charge in [-0.1, -0.05) is 20.3 Å². The Kier molecular flexibility index (Phi) is 6.03. The minimum atomic E-state index is -0.0818. The quantitative estimate of drug-likeness (QED) is 0.830. The van der Waals surface area contributed by atoms with Gasteiger partial charge in [-0.05, 0) is 38.1 Å². The highest BCUT2D eigenvalue weighted by Crippen LogP contribution is 2.20. The van der Waals surface area contributed by atoms with Gasteiger partial charge < -0.3 is 10.2 Å². The first-order valence-electron chi connectivity index (χ1n) is 8.37. The molecule has 2 amide bonds. The van der Waals surface area contributed by atoms with E-state index in [0.29, 0.717) is 19.0 Å². The van der Waals surface area contributed by atoms with E-state index < -0.39 is 0 Å². The molecule has 2 aliphatic rings. The van der Waals surface area contributed by atoms with Gasteiger partial charge in [0.15, 0.2) is 0 Å². The molecule has 120 valence electrons. The maximum Gasteiger partial charge on any atom is 0.239 e. The Bertz CT molecular complexity index is 365. The molecule has 0 aromatic heterocycles. The van der Waals surface area contributed by atoms with Gasteiger partial charge in [-0.2, -0.15) is 0 Å². The van der Waals surface area contributed by atoms with E-state index in [1.165, 1.54) is 0 Å². The second-order valence-corrected chi connectivity index (χ2v) is 6.71. The minimum absolute atomic E-state index is 0.0461. The summed E-state index contributed by atoms with van der Waals surface area (Å²) in [5, 5.41) is 2.95. The first-order chi connectivity index (χ1) is 10.1. The molecule has 0 aromatic carbocycles. The molecule has 5 heteroatoms. The zero-order chi connectivity index (χ0) is 15.2. The van der Waals surface area contributed by atoms with Crippen LogP contribution in [0.3, 0.4) is 0 Å². The molecule has 21 heavy (non-hydrogen) atoms. The average Bonchev–Trinajstić information content (AvgIpc) is 2.99. The highest BCUT2D eigenvalue weighted by Gasteiger charge is 2.33. The Morgan fingerprint density at radius 2 is 1.76 bits per heavy atom. The third-order valence-corrected chi connectivity index (χ3v) is 4.37. The van der Waals surface area contributed by atoms with E-state index in [9.17, 15) is 9.59 Å². The summed E-state index contributed by atoms with van der Waals surface area (Å²) < 4.78 is 0. The molecule has 1 N–H and O–H groups in total. The van der Waals surface area contributed by atoms with E-state index in [2.05, 4.69) is 24.1 Å². The second kappa shape index (κ2) is 7.78. The Morgan fingerprint density at radius 3 is 2.43 bits per heavy atom. The van der Waals surface area contributed by atoms with Crippen molar-refractivity contribution in [2.75, 3.05) is 32.7 Å². The van der Waals surface area contributed by atoms with E-state index in [1.54, 1.807) is 0 Å². The maximum atomic E-state index is 12.6. The van der Waals surface area contributed by atoms with Crippen LogP contribution in [0.1, 0.15) is 46.0 Å². The van der Waals surface area contributed by atoms with Gasteiger partial charge in [0.2, 0.25) is 11.8 Å². The number of amides is 2. The number of rotatable bonds is 5. The van der Waals surface area contributed by atoms with Gasteiger partial charge in [0.05, 0.1) is 12.6 Å². The van der Waals surface area contributed by atoms with Gasteiger partial charge in [0.1, 0.15) is 0 Å². The predicted octanol–water partition coefficient (Wildman–Crippen LogP) is 1.24. The first-order valence-corrected chi connectivity index (χ1v) is 8.37. The molecule has 0 radical (unpaired) electrons. The molecule has 2 fully saturated rings. The normalized spacial score (nSPS) is 23.6. The van der Waals surface area contributed by atoms with Crippen molar-refractivity contribution in [3.63, 3.8) is 0 Å². The Hall–Kier alpha value is -1.10. The van der Waals surface area contributed by atoms with Crippen LogP contribution in [0.5, 0.6) is 0 Å². The summed E-state index contributed by atoms with van der Waals surface area (Å²) in [6, 6.07) is -0.0818. The Balaban J connectivity index is 1.88. The van der Waals surface area contributed by atoms with Crippen LogP contribution in [0.15, 0.2) is 0 Å². The summed E-state index contributed by atoms with van der Waals surface area (Å²) in [5.41, 5.74) is 0. The van der Waals surface area contributed by atoms with Crippen molar-refractivity contribution in [2.24, 2.45) is 5.92 Å². The van der Waals surface area contributed by atoms with Crippen molar-refractivity contribution >= 4 is 11.8 Å². The number of carbonyl (C=O) groups excluding carboxylic acids is 2. The fourth-order valence-electron chi connectivity index (χ4n) is 3.17. The summed E-state index contributed by atoms with van der Waals surface area (Å²) in [5.74, 6) is 0.742. The van der Waals surface area contributed by atoms with Gasteiger partial charge in [-0.25, -0.2) is 0 Å². The van der Waals surface area contributed by atoms with Crippen LogP contribution in [-0.2, 0) is 9.59 Å². The van der Waals surface area contributed by atoms with Crippen LogP contribution in [-0.4, -0.2) is 60.4 Å². The molecule has 1 atom stereocenters. The molecule has 0 saturated carbocycles. The fraction of sp³-hybridized carbons (Fsp3) is 0.875. The molecule has 0 unspecified atom stereocenters. The number of nitrogens with zero attached hydrogens (tertiary/aromatic N) is 2. The van der Waals surface area contributed by atoms with Crippen LogP contribution >= 0.6 is 0 Å². The van der Waals surface area contributed by atoms with E-state index in [0.717, 1.165) is 51.7 Å². The molecule has 2 heterocycles. The smallest absolute Gasteiger partial charge is 0.239 e. The lowest BCUT2D eigenvalue weighted by Crippen LogP contribution is -2.53. The van der Waals surface area contributed by atoms with Gasteiger partial charge in [0.25, 0.3) is 0 Å². The molecular weight excluding hydrogens is 266 g/mol. The summed E-state index contributed by atoms with van der Waals surface area (Å²) in [7, 11) is 0. The zero-order valence-electron chi connectivity index (χ0n) is 13.4. The van der Waals surface area contributed by atoms with Crippen molar-refractivity contribution in [3.8, 4) is 0 Å². The Labute approximate surface area is 128 Å². The number of hydrogen-bond acceptors (Lipinski definition) is 3. The van der Waals surface area contributed by atoms with Crippen LogP contribution in [0, 0.1) is 5.92 Å². The van der Waals surface area contributed by atoms with Crippen molar-refractivity contribution < 1.29 is 9.59 Å². The summed E-state index contributed by atoms with van der Waals surface area (Å²) in [6.07, 6.45) is 5.31. The first kappa shape index (κ1) is 16.3. The zero-order valence-corrected chi connectivity index (χ0v) is 13.4. The highest BCUT2D eigenvalue weighted by molar-refractivity contribution is 5.84. The summed E-state index contributed by atoms with van der Waals surface area (Å²) in [4.78, 5) is 28.7. The van der Waals surface area contributed by atoms with Crippen molar-refractivity contribution in [1.82, 2.24) is 15.1 Å². The minimum Gasteiger partial charge on any atom is -0.355 e. The van der Waals surface area contributed by atoms with E-state index in [4.69, 9.17) is 0 Å². The molecule has 2 aliphatic heterocycles. The van der Waals surface area contributed by atoms with E-state index in [1.807, 2.05) is 4.90 Å². The molecule has 2 rings (SSSR count). The van der Waals surface area contributed by atoms with Crippen LogP contribution < -0.4 is 5.32 Å². The fourth-order valence-corrected chi connectivity index (χ4v) is 3.17. The van der Waals surface area contributed by atoms with Crippen molar-refractivity contribution in [3.05, 3.63) is 0 Å². The van der Waals surface area contributed by atoms with Crippen LogP contribution in [0.4, 0.5) is 0 Å². The number of nitrogens with one attached hydrogen (secondary N) is 1. The van der Waals surface area contributed by atoms with E-state index in [-0.39, 0.29) is 17.9 Å². The van der Waals surface area contributed by atoms with E-state index >= 15 is 0 Å². The maximum absolute atomic E-state index is 12.6. The topological polar surface area (TPSA) is 52.7 Å². The lowest BCUT2D eigenvalue weighted by Gasteiger charge is -2.36. The van der Waals surface area contributed by atoms with Gasteiger partial charge in [-0.15, -0.1) is 0 Å². The number of hydrogen-bond donors (Lipinski definition) is 1. The molecular formula is C16H29N3O2. The third-order valence-electron chi connectivity index (χ3n) is 4.37. The third kappa shape index (κ3) is 4.70. The average molecular weight is 295 g/mol. The molecule has 5 nitrogen and oxygen atoms in total. The summed E-state index contributed by atoms with van der Waals surface area (Å²) in [6.45, 7) is 7.88. The molecule has 0 aliphatic carbocycles. The second-order valence-electron chi connectivity index (χ2n) is 6.71. The highest BCUT2D eigenvalue weighted by atomic mass is 16.2. The lowest BCUT2D eigenvalue weighted by atomic mass is 10.0. The standard InChI is InChI=1S/C16H29N3O2/c1-13(2)11-17-15(20)12-19-10-4-3-7-14(19)16(21)18-8-5-6-9-18/h13-14H,3-12H2,1-2H3,(H,17,20)/t14-/m1/s1. The van der Waals surface area contributed by atoms with Gasteiger partial charge >= 0.3 is 0 Å². The summed E-state index contributed by atoms with van der Waals surface area (Å²) >= 11 is 0. The molecule has 0 bridgehead atoms. The monoisotopic (exact) mass is 295 g/mol. The molecule has 0 aromatic rings. The van der Waals surface area contributed by atoms with Crippen molar-refractivity contribution in [1.29, 1.82) is 0 Å². The lowest BCUT2D eigenvalue weighted by molar-refractivity contribution is -0.138. The molecule has 0 spiro atoms. The predicted molar refractivity (Wildman–Crippen MR) is 82.9 cm³/mol. The Morgan fingerprint density at radius 1 is 1.10 bits per heavy atom. The largest absolute Gasteiger partial charge is 0.355 e. The van der Waals surface area contributed by atoms with Gasteiger partial charge in [-0.3, -0.25) is 14.5 Å².